The molecular formula is C14H14N4O2. The zero-order valence-electron chi connectivity index (χ0n) is 10.9. The number of nitro benzene ring substituents is 1. The molecule has 102 valence electrons. The smallest absolute Gasteiger partial charge is 0.269 e. The highest BCUT2D eigenvalue weighted by Crippen LogP contribution is 2.14. The molecule has 2 N–H and O–H groups in total. The first-order valence-electron chi connectivity index (χ1n) is 6.00. The van der Waals surface area contributed by atoms with Crippen molar-refractivity contribution in [3.05, 3.63) is 64.2 Å². The van der Waals surface area contributed by atoms with Gasteiger partial charge >= 0.3 is 0 Å². The van der Waals surface area contributed by atoms with E-state index in [0.717, 1.165) is 16.9 Å². The summed E-state index contributed by atoms with van der Waals surface area (Å²) in [4.78, 5) is 10.1. The molecule has 0 amide bonds. The average Bonchev–Trinajstić information content (AvgIpc) is 2.48. The number of benzene rings is 2. The topological polar surface area (TPSA) is 79.6 Å². The molecule has 2 aromatic rings. The van der Waals surface area contributed by atoms with Gasteiger partial charge in [-0.15, -0.1) is 0 Å². The van der Waals surface area contributed by atoms with Crippen LogP contribution in [0.25, 0.3) is 0 Å². The maximum Gasteiger partial charge on any atom is 0.269 e. The van der Waals surface area contributed by atoms with Crippen LogP contribution in [0.2, 0.25) is 0 Å². The summed E-state index contributed by atoms with van der Waals surface area (Å²) in [6, 6.07) is 13.9. The van der Waals surface area contributed by atoms with Gasteiger partial charge in [-0.3, -0.25) is 15.5 Å². The number of nitrogens with zero attached hydrogens (tertiary/aromatic N) is 2. The van der Waals surface area contributed by atoms with Gasteiger partial charge in [0.05, 0.1) is 16.8 Å². The highest BCUT2D eigenvalue weighted by Gasteiger charge is 2.02. The van der Waals surface area contributed by atoms with Crippen LogP contribution in [-0.4, -0.2) is 18.2 Å². The van der Waals surface area contributed by atoms with E-state index in [-0.39, 0.29) is 5.69 Å². The molecule has 0 fully saturated rings. The van der Waals surface area contributed by atoms with Crippen molar-refractivity contribution in [1.29, 1.82) is 0 Å². The second-order valence-corrected chi connectivity index (χ2v) is 4.05. The largest absolute Gasteiger partial charge is 0.388 e. The molecule has 0 bridgehead atoms. The van der Waals surface area contributed by atoms with Crippen molar-refractivity contribution >= 4 is 23.3 Å². The lowest BCUT2D eigenvalue weighted by Gasteiger charge is -2.03. The summed E-state index contributed by atoms with van der Waals surface area (Å²) in [6.07, 6.45) is 1.61. The molecule has 2 aromatic carbocycles. The van der Waals surface area contributed by atoms with Crippen LogP contribution < -0.4 is 10.7 Å². The lowest BCUT2D eigenvalue weighted by Crippen LogP contribution is -1.93. The van der Waals surface area contributed by atoms with Gasteiger partial charge in [-0.1, -0.05) is 6.07 Å². The molecule has 0 saturated heterocycles. The third kappa shape index (κ3) is 3.55. The summed E-state index contributed by atoms with van der Waals surface area (Å²) < 4.78 is 0. The molecule has 0 saturated carbocycles. The lowest BCUT2D eigenvalue weighted by molar-refractivity contribution is -0.384. The normalized spacial score (nSPS) is 10.4. The van der Waals surface area contributed by atoms with Gasteiger partial charge in [0, 0.05) is 24.9 Å². The quantitative estimate of drug-likeness (QED) is 0.497. The van der Waals surface area contributed by atoms with Gasteiger partial charge in [-0.25, -0.2) is 0 Å². The van der Waals surface area contributed by atoms with Crippen LogP contribution in [0.5, 0.6) is 0 Å². The highest BCUT2D eigenvalue weighted by molar-refractivity contribution is 5.80. The Bertz CT molecular complexity index is 623. The van der Waals surface area contributed by atoms with Gasteiger partial charge in [0.25, 0.3) is 5.69 Å². The number of non-ortho nitro benzene ring substituents is 1. The monoisotopic (exact) mass is 270 g/mol. The molecule has 0 aliphatic heterocycles. The summed E-state index contributed by atoms with van der Waals surface area (Å²) in [5, 5.41) is 17.7. The third-order valence-electron chi connectivity index (χ3n) is 2.66. The molecule has 2 rings (SSSR count). The summed E-state index contributed by atoms with van der Waals surface area (Å²) >= 11 is 0. The summed E-state index contributed by atoms with van der Waals surface area (Å²) in [5.74, 6) is 0. The first-order chi connectivity index (χ1) is 9.69. The van der Waals surface area contributed by atoms with Gasteiger partial charge in [-0.05, 0) is 35.9 Å². The van der Waals surface area contributed by atoms with Crippen LogP contribution in [0, 0.1) is 10.1 Å². The average molecular weight is 270 g/mol. The van der Waals surface area contributed by atoms with E-state index < -0.39 is 4.92 Å². The SMILES string of the molecule is CNc1cccc(N/N=C/c2ccc([N+](=O)[O-])cc2)c1. The molecule has 0 spiro atoms. The Morgan fingerprint density at radius 3 is 2.50 bits per heavy atom. The van der Waals surface area contributed by atoms with E-state index in [1.165, 1.54) is 12.1 Å². The van der Waals surface area contributed by atoms with Crippen LogP contribution in [0.1, 0.15) is 5.56 Å². The van der Waals surface area contributed by atoms with Crippen LogP contribution in [0.15, 0.2) is 53.6 Å². The first-order valence-corrected chi connectivity index (χ1v) is 6.00. The fraction of sp³-hybridized carbons (Fsp3) is 0.0714. The Labute approximate surface area is 116 Å². The molecule has 0 heterocycles. The minimum atomic E-state index is -0.428. The Kier molecular flexibility index (Phi) is 4.28. The first kappa shape index (κ1) is 13.5. The Hall–Kier alpha value is -2.89. The maximum atomic E-state index is 10.5. The molecular weight excluding hydrogens is 256 g/mol. The number of rotatable bonds is 5. The van der Waals surface area contributed by atoms with Gasteiger partial charge in [0.1, 0.15) is 0 Å². The Morgan fingerprint density at radius 2 is 1.85 bits per heavy atom. The van der Waals surface area contributed by atoms with Crippen molar-refractivity contribution in [3.8, 4) is 0 Å². The van der Waals surface area contributed by atoms with Crippen LogP contribution in [0.4, 0.5) is 17.1 Å². The predicted octanol–water partition coefficient (Wildman–Crippen LogP) is 3.08. The summed E-state index contributed by atoms with van der Waals surface area (Å²) in [6.45, 7) is 0. The van der Waals surface area contributed by atoms with Gasteiger partial charge < -0.3 is 5.32 Å². The number of hydrogen-bond donors (Lipinski definition) is 2. The van der Waals surface area contributed by atoms with E-state index in [1.54, 1.807) is 18.3 Å². The van der Waals surface area contributed by atoms with Crippen molar-refractivity contribution < 1.29 is 4.92 Å². The van der Waals surface area contributed by atoms with E-state index >= 15 is 0 Å². The number of nitrogens with one attached hydrogen (secondary N) is 2. The molecule has 0 aromatic heterocycles. The van der Waals surface area contributed by atoms with Crippen molar-refractivity contribution in [2.75, 3.05) is 17.8 Å². The molecule has 0 aliphatic rings. The lowest BCUT2D eigenvalue weighted by atomic mass is 10.2. The fourth-order valence-electron chi connectivity index (χ4n) is 1.61. The van der Waals surface area contributed by atoms with E-state index in [2.05, 4.69) is 15.8 Å². The Balaban J connectivity index is 2.00. The van der Waals surface area contributed by atoms with E-state index in [0.29, 0.717) is 0 Å². The fourth-order valence-corrected chi connectivity index (χ4v) is 1.61. The minimum Gasteiger partial charge on any atom is -0.388 e. The number of anilines is 2. The van der Waals surface area contributed by atoms with Crippen LogP contribution in [-0.2, 0) is 0 Å². The number of hydrogen-bond acceptors (Lipinski definition) is 5. The van der Waals surface area contributed by atoms with E-state index in [9.17, 15) is 10.1 Å². The van der Waals surface area contributed by atoms with Crippen molar-refractivity contribution in [2.45, 2.75) is 0 Å². The number of nitro groups is 1. The molecule has 0 radical (unpaired) electrons. The standard InChI is InChI=1S/C14H14N4O2/c1-15-12-3-2-4-13(9-12)17-16-10-11-5-7-14(8-6-11)18(19)20/h2-10,15,17H,1H3/b16-10+. The zero-order valence-corrected chi connectivity index (χ0v) is 10.9. The zero-order chi connectivity index (χ0) is 14.4. The van der Waals surface area contributed by atoms with E-state index in [1.807, 2.05) is 31.3 Å². The van der Waals surface area contributed by atoms with Gasteiger partial charge in [0.15, 0.2) is 0 Å². The Morgan fingerprint density at radius 1 is 1.15 bits per heavy atom. The summed E-state index contributed by atoms with van der Waals surface area (Å²) in [5.41, 5.74) is 5.60. The second kappa shape index (κ2) is 6.33. The molecule has 0 unspecified atom stereocenters. The second-order valence-electron chi connectivity index (χ2n) is 4.05. The predicted molar refractivity (Wildman–Crippen MR) is 80.3 cm³/mol. The van der Waals surface area contributed by atoms with Crippen molar-refractivity contribution in [1.82, 2.24) is 0 Å². The molecule has 6 heteroatoms. The molecule has 0 aliphatic carbocycles. The molecule has 20 heavy (non-hydrogen) atoms. The third-order valence-corrected chi connectivity index (χ3v) is 2.66. The van der Waals surface area contributed by atoms with Crippen molar-refractivity contribution in [2.24, 2.45) is 5.10 Å². The summed E-state index contributed by atoms with van der Waals surface area (Å²) in [7, 11) is 1.85. The minimum absolute atomic E-state index is 0.0665. The van der Waals surface area contributed by atoms with Gasteiger partial charge in [0.2, 0.25) is 0 Å². The van der Waals surface area contributed by atoms with Crippen LogP contribution >= 0.6 is 0 Å². The maximum absolute atomic E-state index is 10.5. The molecule has 6 nitrogen and oxygen atoms in total. The van der Waals surface area contributed by atoms with Gasteiger partial charge in [-0.2, -0.15) is 5.10 Å². The van der Waals surface area contributed by atoms with Crippen LogP contribution in [0.3, 0.4) is 0 Å². The highest BCUT2D eigenvalue weighted by atomic mass is 16.6. The van der Waals surface area contributed by atoms with Crippen molar-refractivity contribution in [3.63, 3.8) is 0 Å². The van der Waals surface area contributed by atoms with E-state index in [4.69, 9.17) is 0 Å². The number of hydrazone groups is 1. The molecule has 0 atom stereocenters.